The second-order valence-electron chi connectivity index (χ2n) is 6.03. The quantitative estimate of drug-likeness (QED) is 0.690. The summed E-state index contributed by atoms with van der Waals surface area (Å²) in [4.78, 5) is 20.3. The molecule has 0 bridgehead atoms. The first kappa shape index (κ1) is 17.0. The van der Waals surface area contributed by atoms with E-state index in [1.165, 1.54) is 0 Å². The molecule has 0 aliphatic carbocycles. The number of aromatic nitrogens is 5. The Morgan fingerprint density at radius 1 is 1.26 bits per heavy atom. The van der Waals surface area contributed by atoms with Crippen molar-refractivity contribution < 1.29 is 14.3 Å². The van der Waals surface area contributed by atoms with Crippen LogP contribution in [-0.2, 0) is 13.0 Å². The highest BCUT2D eigenvalue weighted by atomic mass is 16.6. The van der Waals surface area contributed by atoms with E-state index in [0.717, 1.165) is 11.4 Å². The fraction of sp³-hybridized carbons (Fsp3) is 0.278. The monoisotopic (exact) mass is 366 g/mol. The number of rotatable bonds is 6. The van der Waals surface area contributed by atoms with Gasteiger partial charge >= 0.3 is 0 Å². The van der Waals surface area contributed by atoms with Crippen molar-refractivity contribution in [3.05, 3.63) is 60.4 Å². The van der Waals surface area contributed by atoms with Crippen LogP contribution in [0.2, 0.25) is 0 Å². The number of benzene rings is 1. The Labute approximate surface area is 155 Å². The molecule has 1 amide bonds. The molecule has 1 aromatic carbocycles. The zero-order chi connectivity index (χ0) is 18.5. The van der Waals surface area contributed by atoms with Crippen LogP contribution in [0.4, 0.5) is 0 Å². The number of hydrogen-bond acceptors (Lipinski definition) is 7. The molecule has 0 fully saturated rings. The lowest BCUT2D eigenvalue weighted by molar-refractivity contribution is 0.0754. The number of carbonyl (C=O) groups excluding carboxylic acids is 1. The van der Waals surface area contributed by atoms with E-state index in [2.05, 4.69) is 25.6 Å². The Balaban J connectivity index is 1.29. The van der Waals surface area contributed by atoms with Gasteiger partial charge in [-0.15, -0.1) is 5.10 Å². The summed E-state index contributed by atoms with van der Waals surface area (Å²) in [6.07, 6.45) is 6.90. The van der Waals surface area contributed by atoms with Gasteiger partial charge < -0.3 is 14.8 Å². The Morgan fingerprint density at radius 3 is 3.00 bits per heavy atom. The van der Waals surface area contributed by atoms with E-state index in [-0.39, 0.29) is 17.7 Å². The number of ether oxygens (including phenoxy) is 2. The molecule has 1 aliphatic heterocycles. The topological polar surface area (TPSA) is 104 Å². The van der Waals surface area contributed by atoms with Crippen LogP contribution in [-0.4, -0.2) is 50.1 Å². The van der Waals surface area contributed by atoms with Crippen LogP contribution in [0.25, 0.3) is 0 Å². The largest absolute Gasteiger partial charge is 0.486 e. The van der Waals surface area contributed by atoms with E-state index in [9.17, 15) is 4.79 Å². The molecule has 1 N–H and O–H groups in total. The molecule has 0 saturated heterocycles. The van der Waals surface area contributed by atoms with Gasteiger partial charge in [0.25, 0.3) is 5.91 Å². The minimum atomic E-state index is -0.281. The third-order valence-electron chi connectivity index (χ3n) is 4.01. The molecule has 0 saturated carbocycles. The number of nitrogens with zero attached hydrogens (tertiary/aromatic N) is 5. The molecule has 4 rings (SSSR count). The summed E-state index contributed by atoms with van der Waals surface area (Å²) in [5.74, 6) is 1.16. The molecular weight excluding hydrogens is 348 g/mol. The predicted molar refractivity (Wildman–Crippen MR) is 94.4 cm³/mol. The smallest absolute Gasteiger partial charge is 0.273 e. The molecule has 27 heavy (non-hydrogen) atoms. The molecule has 2 aromatic heterocycles. The molecule has 9 nitrogen and oxygen atoms in total. The van der Waals surface area contributed by atoms with Crippen molar-refractivity contribution in [3.8, 4) is 11.5 Å². The van der Waals surface area contributed by atoms with Crippen LogP contribution in [0.15, 0.2) is 49.1 Å². The van der Waals surface area contributed by atoms with Crippen LogP contribution in [0, 0.1) is 0 Å². The van der Waals surface area contributed by atoms with E-state index < -0.39 is 0 Å². The molecular formula is C18H18N6O3. The van der Waals surface area contributed by atoms with Gasteiger partial charge in [-0.1, -0.05) is 17.3 Å². The van der Waals surface area contributed by atoms with Crippen molar-refractivity contribution >= 4 is 5.91 Å². The Morgan fingerprint density at radius 2 is 2.15 bits per heavy atom. The van der Waals surface area contributed by atoms with E-state index >= 15 is 0 Å². The standard InChI is InChI=1S/C18H18N6O3/c25-18(21-6-5-13-9-19-7-8-20-13)15-11-24(23-22-15)10-14-12-26-16-3-1-2-4-17(16)27-14/h1-4,7-9,11,14H,5-6,10,12H2,(H,21,25). The number of amides is 1. The fourth-order valence-electron chi connectivity index (χ4n) is 2.71. The maximum atomic E-state index is 12.2. The highest BCUT2D eigenvalue weighted by Gasteiger charge is 2.22. The lowest BCUT2D eigenvalue weighted by atomic mass is 10.2. The van der Waals surface area contributed by atoms with Crippen LogP contribution >= 0.6 is 0 Å². The van der Waals surface area contributed by atoms with Gasteiger partial charge in [-0.05, 0) is 12.1 Å². The van der Waals surface area contributed by atoms with Crippen molar-refractivity contribution in [2.24, 2.45) is 0 Å². The molecule has 138 valence electrons. The van der Waals surface area contributed by atoms with Gasteiger partial charge in [-0.25, -0.2) is 4.68 Å². The van der Waals surface area contributed by atoms with E-state index in [4.69, 9.17) is 9.47 Å². The minimum absolute atomic E-state index is 0.200. The van der Waals surface area contributed by atoms with Crippen molar-refractivity contribution in [1.82, 2.24) is 30.3 Å². The zero-order valence-corrected chi connectivity index (χ0v) is 14.5. The van der Waals surface area contributed by atoms with Crippen molar-refractivity contribution in [2.45, 2.75) is 19.1 Å². The summed E-state index contributed by atoms with van der Waals surface area (Å²) in [5.41, 5.74) is 1.07. The first-order valence-electron chi connectivity index (χ1n) is 8.59. The number of para-hydroxylation sites is 2. The van der Waals surface area contributed by atoms with E-state index in [1.807, 2.05) is 24.3 Å². The van der Waals surface area contributed by atoms with E-state index in [1.54, 1.807) is 29.5 Å². The Hall–Kier alpha value is -3.49. The van der Waals surface area contributed by atoms with Crippen LogP contribution < -0.4 is 14.8 Å². The summed E-state index contributed by atoms with van der Waals surface area (Å²) in [6, 6.07) is 7.52. The summed E-state index contributed by atoms with van der Waals surface area (Å²) >= 11 is 0. The molecule has 3 heterocycles. The summed E-state index contributed by atoms with van der Waals surface area (Å²) in [5, 5.41) is 10.7. The second-order valence-corrected chi connectivity index (χ2v) is 6.03. The second kappa shape index (κ2) is 7.81. The number of carbonyl (C=O) groups is 1. The average Bonchev–Trinajstić information content (AvgIpc) is 3.17. The van der Waals surface area contributed by atoms with Gasteiger partial charge in [-0.3, -0.25) is 14.8 Å². The first-order chi connectivity index (χ1) is 13.3. The van der Waals surface area contributed by atoms with E-state index in [0.29, 0.717) is 31.9 Å². The predicted octanol–water partition coefficient (Wildman–Crippen LogP) is 0.881. The molecule has 3 aromatic rings. The van der Waals surface area contributed by atoms with Gasteiger partial charge in [0, 0.05) is 31.6 Å². The molecule has 9 heteroatoms. The molecule has 1 unspecified atom stereocenters. The van der Waals surface area contributed by atoms with Crippen molar-refractivity contribution in [3.63, 3.8) is 0 Å². The van der Waals surface area contributed by atoms with Crippen molar-refractivity contribution in [1.29, 1.82) is 0 Å². The zero-order valence-electron chi connectivity index (χ0n) is 14.5. The lowest BCUT2D eigenvalue weighted by Gasteiger charge is -2.26. The maximum Gasteiger partial charge on any atom is 0.273 e. The van der Waals surface area contributed by atoms with Crippen LogP contribution in [0.5, 0.6) is 11.5 Å². The SMILES string of the molecule is O=C(NCCc1cnccn1)c1cn(CC2COc3ccccc3O2)nn1. The summed E-state index contributed by atoms with van der Waals surface area (Å²) < 4.78 is 13.2. The van der Waals surface area contributed by atoms with Gasteiger partial charge in [0.1, 0.15) is 6.61 Å². The number of fused-ring (bicyclic) bond motifs is 1. The Kier molecular flexibility index (Phi) is 4.91. The van der Waals surface area contributed by atoms with Gasteiger partial charge in [0.2, 0.25) is 0 Å². The third kappa shape index (κ3) is 4.20. The fourth-order valence-corrected chi connectivity index (χ4v) is 2.71. The Bertz CT molecular complexity index is 914. The number of hydrogen-bond donors (Lipinski definition) is 1. The summed E-state index contributed by atoms with van der Waals surface area (Å²) in [7, 11) is 0. The summed E-state index contributed by atoms with van der Waals surface area (Å²) in [6.45, 7) is 1.30. The number of nitrogens with one attached hydrogen (secondary N) is 1. The van der Waals surface area contributed by atoms with Gasteiger partial charge in [-0.2, -0.15) is 0 Å². The third-order valence-corrected chi connectivity index (χ3v) is 4.01. The highest BCUT2D eigenvalue weighted by molar-refractivity contribution is 5.91. The van der Waals surface area contributed by atoms with Gasteiger partial charge in [0.15, 0.2) is 23.3 Å². The maximum absolute atomic E-state index is 12.2. The highest BCUT2D eigenvalue weighted by Crippen LogP contribution is 2.31. The van der Waals surface area contributed by atoms with Gasteiger partial charge in [0.05, 0.1) is 18.4 Å². The van der Waals surface area contributed by atoms with Crippen molar-refractivity contribution in [2.75, 3.05) is 13.2 Å². The molecule has 1 aliphatic rings. The molecule has 1 atom stereocenters. The first-order valence-corrected chi connectivity index (χ1v) is 8.59. The van der Waals surface area contributed by atoms with Crippen LogP contribution in [0.1, 0.15) is 16.2 Å². The average molecular weight is 366 g/mol. The molecule has 0 radical (unpaired) electrons. The molecule has 0 spiro atoms. The van der Waals surface area contributed by atoms with Crippen LogP contribution in [0.3, 0.4) is 0 Å². The minimum Gasteiger partial charge on any atom is -0.486 e. The normalized spacial score (nSPS) is 15.3. The lowest BCUT2D eigenvalue weighted by Crippen LogP contribution is -2.33.